The van der Waals surface area contributed by atoms with Crippen molar-refractivity contribution in [1.29, 1.82) is 0 Å². The number of hydrogen-bond donors (Lipinski definition) is 1. The second kappa shape index (κ2) is 5.87. The van der Waals surface area contributed by atoms with Crippen molar-refractivity contribution in [2.45, 2.75) is 51.1 Å². The maximum absolute atomic E-state index is 3.75. The third kappa shape index (κ3) is 2.77. The van der Waals surface area contributed by atoms with Gasteiger partial charge in [0, 0.05) is 25.7 Å². The van der Waals surface area contributed by atoms with Gasteiger partial charge in [-0.05, 0) is 31.2 Å². The maximum atomic E-state index is 3.75. The molecule has 1 heterocycles. The molecule has 1 aromatic carbocycles. The summed E-state index contributed by atoms with van der Waals surface area (Å²) in [6.07, 6.45) is 5.66. The summed E-state index contributed by atoms with van der Waals surface area (Å²) in [6.45, 7) is 8.27. The lowest BCUT2D eigenvalue weighted by Gasteiger charge is -2.47. The van der Waals surface area contributed by atoms with Gasteiger partial charge in [-0.2, -0.15) is 0 Å². The fourth-order valence-corrected chi connectivity index (χ4v) is 4.14. The molecule has 0 amide bonds. The molecule has 2 nitrogen and oxygen atoms in total. The van der Waals surface area contributed by atoms with Crippen molar-refractivity contribution in [2.24, 2.45) is 5.92 Å². The molecule has 2 aliphatic rings. The number of nitrogens with one attached hydrogen (secondary N) is 1. The SMILES string of the molecule is CC1CCCCC1N1CCNC(C)(c2ccccc2)C1. The van der Waals surface area contributed by atoms with Gasteiger partial charge in [0.25, 0.3) is 0 Å². The van der Waals surface area contributed by atoms with Gasteiger partial charge in [0.1, 0.15) is 0 Å². The Balaban J connectivity index is 1.76. The van der Waals surface area contributed by atoms with E-state index in [2.05, 4.69) is 54.4 Å². The van der Waals surface area contributed by atoms with E-state index in [4.69, 9.17) is 0 Å². The Bertz CT molecular complexity index is 430. The van der Waals surface area contributed by atoms with E-state index in [-0.39, 0.29) is 5.54 Å². The summed E-state index contributed by atoms with van der Waals surface area (Å²) in [5.74, 6) is 0.863. The molecule has 3 atom stereocenters. The smallest absolute Gasteiger partial charge is 0.0535 e. The first-order valence-corrected chi connectivity index (χ1v) is 8.24. The van der Waals surface area contributed by atoms with Gasteiger partial charge in [0.05, 0.1) is 5.54 Å². The standard InChI is InChI=1S/C18H28N2/c1-15-8-6-7-11-17(15)20-13-12-19-18(2,14-20)16-9-4-3-5-10-16/h3-5,9-10,15,17,19H,6-8,11-14H2,1-2H3. The molecule has 1 saturated heterocycles. The minimum absolute atomic E-state index is 0.108. The molecule has 1 aromatic rings. The van der Waals surface area contributed by atoms with Gasteiger partial charge in [-0.1, -0.05) is 50.1 Å². The van der Waals surface area contributed by atoms with E-state index in [1.165, 1.54) is 37.8 Å². The quantitative estimate of drug-likeness (QED) is 0.888. The Morgan fingerprint density at radius 1 is 1.15 bits per heavy atom. The Kier molecular flexibility index (Phi) is 4.13. The third-order valence-corrected chi connectivity index (χ3v) is 5.38. The van der Waals surface area contributed by atoms with Crippen LogP contribution in [0.25, 0.3) is 0 Å². The first-order chi connectivity index (χ1) is 9.69. The highest BCUT2D eigenvalue weighted by atomic mass is 15.2. The number of nitrogens with zero attached hydrogens (tertiary/aromatic N) is 1. The molecular formula is C18H28N2. The molecule has 3 unspecified atom stereocenters. The van der Waals surface area contributed by atoms with E-state index in [9.17, 15) is 0 Å². The summed E-state index contributed by atoms with van der Waals surface area (Å²) in [5, 5.41) is 3.75. The highest BCUT2D eigenvalue weighted by Gasteiger charge is 2.36. The highest BCUT2D eigenvalue weighted by molar-refractivity contribution is 5.25. The van der Waals surface area contributed by atoms with Crippen LogP contribution >= 0.6 is 0 Å². The second-order valence-corrected chi connectivity index (χ2v) is 6.92. The summed E-state index contributed by atoms with van der Waals surface area (Å²) in [5.41, 5.74) is 1.53. The normalized spacial score (nSPS) is 35.9. The summed E-state index contributed by atoms with van der Waals surface area (Å²) in [7, 11) is 0. The minimum Gasteiger partial charge on any atom is -0.305 e. The van der Waals surface area contributed by atoms with Crippen LogP contribution in [-0.4, -0.2) is 30.6 Å². The zero-order valence-corrected chi connectivity index (χ0v) is 12.9. The molecule has 0 bridgehead atoms. The highest BCUT2D eigenvalue weighted by Crippen LogP contribution is 2.32. The van der Waals surface area contributed by atoms with Crippen LogP contribution in [0.3, 0.4) is 0 Å². The van der Waals surface area contributed by atoms with Crippen molar-refractivity contribution in [2.75, 3.05) is 19.6 Å². The van der Waals surface area contributed by atoms with Gasteiger partial charge < -0.3 is 5.32 Å². The average molecular weight is 272 g/mol. The van der Waals surface area contributed by atoms with Crippen LogP contribution in [-0.2, 0) is 5.54 Å². The number of rotatable bonds is 2. The summed E-state index contributed by atoms with van der Waals surface area (Å²) in [6, 6.07) is 11.8. The fourth-order valence-electron chi connectivity index (χ4n) is 4.14. The molecule has 0 spiro atoms. The Morgan fingerprint density at radius 2 is 1.90 bits per heavy atom. The fraction of sp³-hybridized carbons (Fsp3) is 0.667. The van der Waals surface area contributed by atoms with Gasteiger partial charge in [0.15, 0.2) is 0 Å². The van der Waals surface area contributed by atoms with Crippen LogP contribution < -0.4 is 5.32 Å². The van der Waals surface area contributed by atoms with Crippen LogP contribution in [0.2, 0.25) is 0 Å². The van der Waals surface area contributed by atoms with Crippen LogP contribution in [0.15, 0.2) is 30.3 Å². The van der Waals surface area contributed by atoms with E-state index in [0.29, 0.717) is 0 Å². The zero-order chi connectivity index (χ0) is 14.0. The largest absolute Gasteiger partial charge is 0.305 e. The topological polar surface area (TPSA) is 15.3 Å². The molecular weight excluding hydrogens is 244 g/mol. The average Bonchev–Trinajstić information content (AvgIpc) is 2.49. The molecule has 2 heteroatoms. The lowest BCUT2D eigenvalue weighted by atomic mass is 9.82. The predicted octanol–water partition coefficient (Wildman–Crippen LogP) is 3.39. The Labute approximate surface area is 123 Å². The van der Waals surface area contributed by atoms with Crippen LogP contribution in [0.4, 0.5) is 0 Å². The molecule has 0 aromatic heterocycles. The van der Waals surface area contributed by atoms with Gasteiger partial charge in [0.2, 0.25) is 0 Å². The molecule has 110 valence electrons. The lowest BCUT2D eigenvalue weighted by molar-refractivity contribution is 0.0531. The van der Waals surface area contributed by atoms with E-state index >= 15 is 0 Å². The van der Waals surface area contributed by atoms with Crippen LogP contribution in [0.5, 0.6) is 0 Å². The maximum Gasteiger partial charge on any atom is 0.0535 e. The molecule has 1 aliphatic heterocycles. The molecule has 2 fully saturated rings. The molecule has 3 rings (SSSR count). The number of hydrogen-bond acceptors (Lipinski definition) is 2. The van der Waals surface area contributed by atoms with Crippen LogP contribution in [0.1, 0.15) is 45.1 Å². The summed E-state index contributed by atoms with van der Waals surface area (Å²) >= 11 is 0. The van der Waals surface area contributed by atoms with E-state index in [0.717, 1.165) is 25.0 Å². The Hall–Kier alpha value is -0.860. The lowest BCUT2D eigenvalue weighted by Crippen LogP contribution is -2.60. The molecule has 1 N–H and O–H groups in total. The van der Waals surface area contributed by atoms with Crippen molar-refractivity contribution >= 4 is 0 Å². The number of benzene rings is 1. The summed E-state index contributed by atoms with van der Waals surface area (Å²) < 4.78 is 0. The zero-order valence-electron chi connectivity index (χ0n) is 12.9. The van der Waals surface area contributed by atoms with Gasteiger partial charge in [-0.3, -0.25) is 4.90 Å². The summed E-state index contributed by atoms with van der Waals surface area (Å²) in [4.78, 5) is 2.76. The van der Waals surface area contributed by atoms with E-state index in [1.807, 2.05) is 0 Å². The third-order valence-electron chi connectivity index (χ3n) is 5.38. The Morgan fingerprint density at radius 3 is 2.65 bits per heavy atom. The molecule has 0 radical (unpaired) electrons. The van der Waals surface area contributed by atoms with Crippen molar-refractivity contribution < 1.29 is 0 Å². The van der Waals surface area contributed by atoms with Crippen molar-refractivity contribution in [3.63, 3.8) is 0 Å². The van der Waals surface area contributed by atoms with Gasteiger partial charge in [-0.15, -0.1) is 0 Å². The first kappa shape index (κ1) is 14.1. The first-order valence-electron chi connectivity index (χ1n) is 8.24. The molecule has 20 heavy (non-hydrogen) atoms. The van der Waals surface area contributed by atoms with Crippen LogP contribution in [0, 0.1) is 5.92 Å². The molecule has 1 aliphatic carbocycles. The van der Waals surface area contributed by atoms with Gasteiger partial charge >= 0.3 is 0 Å². The van der Waals surface area contributed by atoms with Gasteiger partial charge in [-0.25, -0.2) is 0 Å². The van der Waals surface area contributed by atoms with Crippen molar-refractivity contribution in [1.82, 2.24) is 10.2 Å². The monoisotopic (exact) mass is 272 g/mol. The van der Waals surface area contributed by atoms with Crippen molar-refractivity contribution in [3.8, 4) is 0 Å². The number of piperazine rings is 1. The minimum atomic E-state index is 0.108. The van der Waals surface area contributed by atoms with Crippen molar-refractivity contribution in [3.05, 3.63) is 35.9 Å². The predicted molar refractivity (Wildman–Crippen MR) is 84.8 cm³/mol. The second-order valence-electron chi connectivity index (χ2n) is 6.92. The van der Waals surface area contributed by atoms with E-state index < -0.39 is 0 Å². The molecule has 1 saturated carbocycles. The van der Waals surface area contributed by atoms with E-state index in [1.54, 1.807) is 0 Å².